The van der Waals surface area contributed by atoms with Gasteiger partial charge in [0.25, 0.3) is 0 Å². The van der Waals surface area contributed by atoms with Gasteiger partial charge in [0, 0.05) is 41.3 Å². The van der Waals surface area contributed by atoms with Gasteiger partial charge in [0.2, 0.25) is 0 Å². The Labute approximate surface area is 161 Å². The molecule has 0 radical (unpaired) electrons. The van der Waals surface area contributed by atoms with Crippen molar-refractivity contribution in [2.75, 3.05) is 38.6 Å². The van der Waals surface area contributed by atoms with Gasteiger partial charge in [0.05, 0.1) is 6.54 Å². The van der Waals surface area contributed by atoms with E-state index in [9.17, 15) is 0 Å². The summed E-state index contributed by atoms with van der Waals surface area (Å²) in [6.45, 7) is 13.2. The summed E-state index contributed by atoms with van der Waals surface area (Å²) in [5.41, 5.74) is 0.0606. The highest BCUT2D eigenvalue weighted by molar-refractivity contribution is 8.00. The summed E-state index contributed by atoms with van der Waals surface area (Å²) >= 11 is 3.87. The number of hydrogen-bond donors (Lipinski definition) is 2. The number of hydrogen-bond acceptors (Lipinski definition) is 4. The fraction of sp³-hybridized carbons (Fsp3) is 0.737. The molecule has 0 bridgehead atoms. The lowest BCUT2D eigenvalue weighted by Gasteiger charge is -2.37. The first-order valence-corrected chi connectivity index (χ1v) is 11.2. The molecule has 1 saturated heterocycles. The number of rotatable bonds is 8. The summed E-state index contributed by atoms with van der Waals surface area (Å²) in [4.78, 5) is 6.26. The van der Waals surface area contributed by atoms with Gasteiger partial charge < -0.3 is 15.4 Å². The molecule has 1 aliphatic rings. The van der Waals surface area contributed by atoms with E-state index >= 15 is 0 Å². The standard InChI is InChI=1S/C19H33N3OS2/c1-5-20-17(21-14-18(3,4)16-8-7-13-24-16)22-15-19(25-6-2)9-11-23-12-10-19/h7-8,13H,5-6,9-12,14-15H2,1-4H3,(H2,20,21,22). The Balaban J connectivity index is 1.99. The topological polar surface area (TPSA) is 45.7 Å². The molecule has 0 spiro atoms. The maximum Gasteiger partial charge on any atom is 0.191 e. The molecule has 1 fully saturated rings. The monoisotopic (exact) mass is 383 g/mol. The van der Waals surface area contributed by atoms with Gasteiger partial charge in [-0.2, -0.15) is 11.8 Å². The SMILES string of the molecule is CCNC(=NCC(C)(C)c1cccs1)NCC1(SCC)CCOCC1. The van der Waals surface area contributed by atoms with Crippen LogP contribution in [-0.4, -0.2) is 49.3 Å². The summed E-state index contributed by atoms with van der Waals surface area (Å²) < 4.78 is 5.84. The van der Waals surface area contributed by atoms with E-state index < -0.39 is 0 Å². The van der Waals surface area contributed by atoms with Crippen molar-refractivity contribution in [1.82, 2.24) is 10.6 Å². The molecular weight excluding hydrogens is 350 g/mol. The second-order valence-corrected chi connectivity index (χ2v) is 9.82. The minimum atomic E-state index is 0.0606. The van der Waals surface area contributed by atoms with Crippen LogP contribution in [0.4, 0.5) is 0 Å². The average Bonchev–Trinajstić information content (AvgIpc) is 3.14. The zero-order valence-electron chi connectivity index (χ0n) is 16.1. The van der Waals surface area contributed by atoms with Gasteiger partial charge in [-0.1, -0.05) is 26.8 Å². The lowest BCUT2D eigenvalue weighted by Crippen LogP contribution is -2.48. The number of aliphatic imine (C=N–C) groups is 1. The molecule has 1 aromatic rings. The molecule has 142 valence electrons. The summed E-state index contributed by atoms with van der Waals surface area (Å²) in [7, 11) is 0. The quantitative estimate of drug-likeness (QED) is 0.528. The third-order valence-electron chi connectivity index (χ3n) is 4.60. The van der Waals surface area contributed by atoms with Crippen LogP contribution in [0.5, 0.6) is 0 Å². The van der Waals surface area contributed by atoms with Crippen LogP contribution >= 0.6 is 23.1 Å². The lowest BCUT2D eigenvalue weighted by molar-refractivity contribution is 0.0782. The van der Waals surface area contributed by atoms with E-state index in [1.807, 2.05) is 11.3 Å². The van der Waals surface area contributed by atoms with E-state index in [-0.39, 0.29) is 10.2 Å². The normalized spacial score (nSPS) is 18.2. The second kappa shape index (κ2) is 9.83. The number of thiophene rings is 1. The van der Waals surface area contributed by atoms with Crippen LogP contribution in [0.25, 0.3) is 0 Å². The average molecular weight is 384 g/mol. The van der Waals surface area contributed by atoms with Gasteiger partial charge in [-0.3, -0.25) is 4.99 Å². The van der Waals surface area contributed by atoms with Crippen LogP contribution in [0.15, 0.2) is 22.5 Å². The third kappa shape index (κ3) is 6.19. The van der Waals surface area contributed by atoms with Crippen molar-refractivity contribution in [3.63, 3.8) is 0 Å². The van der Waals surface area contributed by atoms with E-state index in [0.29, 0.717) is 0 Å². The molecule has 6 heteroatoms. The molecule has 0 unspecified atom stereocenters. The molecule has 2 rings (SSSR count). The highest BCUT2D eigenvalue weighted by Gasteiger charge is 2.32. The Hall–Kier alpha value is -0.720. The molecule has 4 nitrogen and oxygen atoms in total. The fourth-order valence-electron chi connectivity index (χ4n) is 3.03. The number of nitrogens with zero attached hydrogens (tertiary/aromatic N) is 1. The minimum absolute atomic E-state index is 0.0606. The van der Waals surface area contributed by atoms with E-state index in [1.54, 1.807) is 0 Å². The number of thioether (sulfide) groups is 1. The fourth-order valence-corrected chi connectivity index (χ4v) is 5.11. The maximum atomic E-state index is 5.57. The molecule has 2 N–H and O–H groups in total. The number of ether oxygens (including phenoxy) is 1. The highest BCUT2D eigenvalue weighted by atomic mass is 32.2. The van der Waals surface area contributed by atoms with E-state index in [4.69, 9.17) is 9.73 Å². The molecule has 0 aromatic carbocycles. The first-order valence-electron chi connectivity index (χ1n) is 9.29. The van der Waals surface area contributed by atoms with Crippen LogP contribution in [0, 0.1) is 0 Å². The van der Waals surface area contributed by atoms with Crippen LogP contribution in [0.2, 0.25) is 0 Å². The van der Waals surface area contributed by atoms with E-state index in [2.05, 4.69) is 67.6 Å². The summed E-state index contributed by atoms with van der Waals surface area (Å²) in [6.07, 6.45) is 2.22. The largest absolute Gasteiger partial charge is 0.381 e. The maximum absolute atomic E-state index is 5.57. The van der Waals surface area contributed by atoms with Crippen LogP contribution in [-0.2, 0) is 10.2 Å². The Morgan fingerprint density at radius 2 is 2.08 bits per heavy atom. The molecule has 25 heavy (non-hydrogen) atoms. The molecular formula is C19H33N3OS2. The van der Waals surface area contributed by atoms with Crippen LogP contribution in [0.3, 0.4) is 0 Å². The van der Waals surface area contributed by atoms with Crippen LogP contribution in [0.1, 0.15) is 45.4 Å². The van der Waals surface area contributed by atoms with Gasteiger partial charge in [-0.25, -0.2) is 0 Å². The van der Waals surface area contributed by atoms with Gasteiger partial charge in [-0.15, -0.1) is 11.3 Å². The van der Waals surface area contributed by atoms with Crippen molar-refractivity contribution in [1.29, 1.82) is 0 Å². The third-order valence-corrected chi connectivity index (χ3v) is 7.29. The number of guanidine groups is 1. The number of nitrogens with one attached hydrogen (secondary N) is 2. The molecule has 1 aliphatic heterocycles. The molecule has 0 atom stereocenters. The van der Waals surface area contributed by atoms with E-state index in [1.165, 1.54) is 4.88 Å². The molecule has 1 aromatic heterocycles. The molecule has 0 amide bonds. The predicted octanol–water partition coefficient (Wildman–Crippen LogP) is 3.88. The summed E-state index contributed by atoms with van der Waals surface area (Å²) in [6, 6.07) is 4.32. The Morgan fingerprint density at radius 1 is 1.32 bits per heavy atom. The van der Waals surface area contributed by atoms with Crippen molar-refractivity contribution >= 4 is 29.1 Å². The smallest absolute Gasteiger partial charge is 0.191 e. The van der Waals surface area contributed by atoms with Gasteiger partial charge in [-0.05, 0) is 37.0 Å². The van der Waals surface area contributed by atoms with Crippen molar-refractivity contribution in [3.8, 4) is 0 Å². The van der Waals surface area contributed by atoms with Crippen molar-refractivity contribution in [2.45, 2.75) is 50.7 Å². The second-order valence-electron chi connectivity index (χ2n) is 7.14. The molecule has 0 saturated carbocycles. The highest BCUT2D eigenvalue weighted by Crippen LogP contribution is 2.34. The van der Waals surface area contributed by atoms with Gasteiger partial charge in [0.1, 0.15) is 0 Å². The van der Waals surface area contributed by atoms with Gasteiger partial charge in [0.15, 0.2) is 5.96 Å². The predicted molar refractivity (Wildman–Crippen MR) is 112 cm³/mol. The zero-order chi connectivity index (χ0) is 18.2. The van der Waals surface area contributed by atoms with Crippen LogP contribution < -0.4 is 10.6 Å². The minimum Gasteiger partial charge on any atom is -0.381 e. The Bertz CT molecular complexity index is 517. The summed E-state index contributed by atoms with van der Waals surface area (Å²) in [5, 5.41) is 9.14. The first-order chi connectivity index (χ1) is 12.0. The lowest BCUT2D eigenvalue weighted by atomic mass is 9.92. The zero-order valence-corrected chi connectivity index (χ0v) is 17.7. The molecule has 0 aliphatic carbocycles. The summed E-state index contributed by atoms with van der Waals surface area (Å²) in [5.74, 6) is 2.07. The van der Waals surface area contributed by atoms with E-state index in [0.717, 1.165) is 57.4 Å². The Kier molecular flexibility index (Phi) is 8.10. The van der Waals surface area contributed by atoms with Crippen molar-refractivity contribution in [2.24, 2.45) is 4.99 Å². The van der Waals surface area contributed by atoms with Crippen molar-refractivity contribution in [3.05, 3.63) is 22.4 Å². The first kappa shape index (κ1) is 20.6. The van der Waals surface area contributed by atoms with Crippen molar-refractivity contribution < 1.29 is 4.74 Å². The van der Waals surface area contributed by atoms with Gasteiger partial charge >= 0.3 is 0 Å². The Morgan fingerprint density at radius 3 is 2.68 bits per heavy atom. The molecule has 2 heterocycles.